The highest BCUT2D eigenvalue weighted by atomic mass is 16.5. The van der Waals surface area contributed by atoms with E-state index in [1.165, 1.54) is 24.0 Å². The van der Waals surface area contributed by atoms with Crippen LogP contribution in [0.25, 0.3) is 0 Å². The molecule has 14 nitrogen and oxygen atoms in total. The van der Waals surface area contributed by atoms with Gasteiger partial charge in [-0.1, -0.05) is 12.1 Å². The van der Waals surface area contributed by atoms with E-state index in [1.54, 1.807) is 13.0 Å². The monoisotopic (exact) mass is 505 g/mol. The summed E-state index contributed by atoms with van der Waals surface area (Å²) in [4.78, 5) is 62.6. The Kier molecular flexibility index (Phi) is 8.50. The average molecular weight is 505 g/mol. The van der Waals surface area contributed by atoms with Crippen LogP contribution in [0.5, 0.6) is 5.75 Å². The molecule has 15 heteroatoms. The Morgan fingerprint density at radius 2 is 1.94 bits per heavy atom. The number of aliphatic hydroxyl groups is 1. The predicted molar refractivity (Wildman–Crippen MR) is 123 cm³/mol. The van der Waals surface area contributed by atoms with Gasteiger partial charge in [0.15, 0.2) is 6.35 Å². The molecule has 0 radical (unpaired) electrons. The number of hydrogen-bond donors (Lipinski definition) is 6. The van der Waals surface area contributed by atoms with Crippen molar-refractivity contribution in [3.05, 3.63) is 29.3 Å². The zero-order chi connectivity index (χ0) is 26.6. The fourth-order valence-electron chi connectivity index (χ4n) is 3.97. The van der Waals surface area contributed by atoms with Crippen LogP contribution in [0.4, 0.5) is 0 Å². The Bertz CT molecular complexity index is 1050. The van der Waals surface area contributed by atoms with Crippen molar-refractivity contribution in [2.45, 2.75) is 38.6 Å². The molecule has 4 amide bonds. The van der Waals surface area contributed by atoms with Crippen LogP contribution in [0.15, 0.2) is 18.2 Å². The Labute approximate surface area is 206 Å². The zero-order valence-electron chi connectivity index (χ0n) is 19.8. The molecule has 36 heavy (non-hydrogen) atoms. The minimum atomic E-state index is -1.71. The fraction of sp³-hybridized carbons (Fsp3) is 0.476. The number of carboxylic acids is 1. The van der Waals surface area contributed by atoms with Crippen molar-refractivity contribution in [1.29, 1.82) is 0 Å². The Morgan fingerprint density at radius 1 is 1.22 bits per heavy atom. The summed E-state index contributed by atoms with van der Waals surface area (Å²) in [5, 5.41) is 37.8. The molecule has 2 aliphatic heterocycles. The molecule has 2 unspecified atom stereocenters. The molecular weight excluding hydrogens is 477 g/mol. The molecule has 1 saturated heterocycles. The number of amides is 4. The van der Waals surface area contributed by atoms with Gasteiger partial charge in [0.25, 0.3) is 0 Å². The smallest absolute Gasteiger partial charge is 0.534 e. The summed E-state index contributed by atoms with van der Waals surface area (Å²) in [6, 6.07) is 3.17. The number of aromatic carboxylic acids is 1. The van der Waals surface area contributed by atoms with Gasteiger partial charge in [0.05, 0.1) is 11.5 Å². The maximum atomic E-state index is 13.0. The van der Waals surface area contributed by atoms with E-state index in [1.807, 2.05) is 0 Å². The van der Waals surface area contributed by atoms with Gasteiger partial charge in [-0.25, -0.2) is 4.79 Å². The number of fused-ring (bicyclic) bond motifs is 1. The number of likely N-dealkylation sites (N-methyl/N-ethyl adjacent to an activating group) is 1. The minimum absolute atomic E-state index is 0.000689. The van der Waals surface area contributed by atoms with E-state index < -0.39 is 55.1 Å². The second kappa shape index (κ2) is 11.4. The van der Waals surface area contributed by atoms with Gasteiger partial charge in [-0.05, 0) is 25.0 Å². The van der Waals surface area contributed by atoms with Crippen LogP contribution in [-0.4, -0.2) is 106 Å². The molecule has 3 atom stereocenters. The van der Waals surface area contributed by atoms with E-state index in [0.29, 0.717) is 12.1 Å². The Morgan fingerprint density at radius 3 is 2.58 bits per heavy atom. The first kappa shape index (κ1) is 26.9. The second-order valence-electron chi connectivity index (χ2n) is 8.34. The molecular formula is C21H28BN5O9. The van der Waals surface area contributed by atoms with Crippen molar-refractivity contribution in [2.75, 3.05) is 26.2 Å². The number of hydrogen-bond acceptors (Lipinski definition) is 9. The normalized spacial score (nSPS) is 19.2. The van der Waals surface area contributed by atoms with Gasteiger partial charge < -0.3 is 35.4 Å². The molecule has 0 bridgehead atoms. The quantitative estimate of drug-likeness (QED) is 0.113. The number of para-hydroxylation sites is 1. The highest BCUT2D eigenvalue weighted by Gasteiger charge is 2.40. The first-order valence-electron chi connectivity index (χ1n) is 11.3. The summed E-state index contributed by atoms with van der Waals surface area (Å²) >= 11 is 0. The van der Waals surface area contributed by atoms with Gasteiger partial charge in [0, 0.05) is 33.1 Å². The van der Waals surface area contributed by atoms with Crippen LogP contribution in [0.1, 0.15) is 29.8 Å². The maximum Gasteiger partial charge on any atom is 0.547 e. The van der Waals surface area contributed by atoms with Gasteiger partial charge in [0.2, 0.25) is 11.8 Å². The lowest BCUT2D eigenvalue weighted by atomic mass is 9.72. The molecule has 2 aliphatic rings. The van der Waals surface area contributed by atoms with Crippen LogP contribution >= 0.6 is 0 Å². The van der Waals surface area contributed by atoms with Crippen LogP contribution < -0.4 is 20.6 Å². The standard InChI is InChI=1S/C21H28BN5O9/c1-3-26-7-8-27(19(31)18(26)30)21(34)24-14(10-23-11(2)28)17(29)25-15-9-12-5-4-6-13(20(32)33)16(12)36-22(15)35/h4-6,14-15,21,24,34-35H,3,7-10H2,1-2H3,(H,23,28)(H,25,29)(H,32,33)/t14?,15-,21?/m0/s1. The summed E-state index contributed by atoms with van der Waals surface area (Å²) in [6.45, 7) is 3.22. The predicted octanol–water partition coefficient (Wildman–Crippen LogP) is -3.11. The Hall–Kier alpha value is -3.69. The first-order valence-corrected chi connectivity index (χ1v) is 11.3. The molecule has 0 aliphatic carbocycles. The third kappa shape index (κ3) is 5.92. The van der Waals surface area contributed by atoms with E-state index in [2.05, 4.69) is 16.0 Å². The number of nitrogens with one attached hydrogen (secondary N) is 3. The fourth-order valence-corrected chi connectivity index (χ4v) is 3.97. The van der Waals surface area contributed by atoms with Crippen molar-refractivity contribution in [2.24, 2.45) is 0 Å². The van der Waals surface area contributed by atoms with Crippen LogP contribution in [0.2, 0.25) is 0 Å². The number of carbonyl (C=O) groups is 5. The van der Waals surface area contributed by atoms with Crippen molar-refractivity contribution in [3.63, 3.8) is 0 Å². The van der Waals surface area contributed by atoms with Gasteiger partial charge >= 0.3 is 24.9 Å². The molecule has 2 heterocycles. The first-order chi connectivity index (χ1) is 17.0. The van der Waals surface area contributed by atoms with E-state index in [-0.39, 0.29) is 37.4 Å². The minimum Gasteiger partial charge on any atom is -0.534 e. The zero-order valence-corrected chi connectivity index (χ0v) is 19.8. The van der Waals surface area contributed by atoms with E-state index in [4.69, 9.17) is 4.65 Å². The Balaban J connectivity index is 1.71. The molecule has 0 aromatic heterocycles. The number of aliphatic hydroxyl groups excluding tert-OH is 1. The second-order valence-corrected chi connectivity index (χ2v) is 8.34. The van der Waals surface area contributed by atoms with Crippen molar-refractivity contribution in [3.8, 4) is 5.75 Å². The van der Waals surface area contributed by atoms with Crippen LogP contribution in [0, 0.1) is 0 Å². The summed E-state index contributed by atoms with van der Waals surface area (Å²) < 4.78 is 5.36. The van der Waals surface area contributed by atoms with Gasteiger partial charge in [-0.15, -0.1) is 0 Å². The topological polar surface area (TPSA) is 198 Å². The number of benzene rings is 1. The third-order valence-electron chi connectivity index (χ3n) is 5.92. The summed E-state index contributed by atoms with van der Waals surface area (Å²) in [5.41, 5.74) is 0.321. The highest BCUT2D eigenvalue weighted by molar-refractivity contribution is 6.47. The van der Waals surface area contributed by atoms with Crippen molar-refractivity contribution < 1.29 is 43.9 Å². The molecule has 194 valence electrons. The average Bonchev–Trinajstić information content (AvgIpc) is 2.83. The number of piperazine rings is 1. The third-order valence-corrected chi connectivity index (χ3v) is 5.92. The summed E-state index contributed by atoms with van der Waals surface area (Å²) in [5.74, 6) is -5.15. The molecule has 6 N–H and O–H groups in total. The lowest BCUT2D eigenvalue weighted by Crippen LogP contribution is -2.65. The van der Waals surface area contributed by atoms with Crippen LogP contribution in [-0.2, 0) is 25.6 Å². The maximum absolute atomic E-state index is 13.0. The van der Waals surface area contributed by atoms with Gasteiger partial charge in [-0.3, -0.25) is 29.4 Å². The molecule has 1 aromatic rings. The highest BCUT2D eigenvalue weighted by Crippen LogP contribution is 2.30. The molecule has 1 fully saturated rings. The van der Waals surface area contributed by atoms with Crippen molar-refractivity contribution in [1.82, 2.24) is 25.8 Å². The summed E-state index contributed by atoms with van der Waals surface area (Å²) in [6.07, 6.45) is -1.67. The largest absolute Gasteiger partial charge is 0.547 e. The van der Waals surface area contributed by atoms with Gasteiger partial charge in [-0.2, -0.15) is 0 Å². The SMILES string of the molecule is CCN1CCN(C(O)NC(CNC(C)=O)C(=O)N[C@H]2Cc3cccc(C(=O)O)c3OB2O)C(=O)C1=O. The van der Waals surface area contributed by atoms with Crippen LogP contribution in [0.3, 0.4) is 0 Å². The van der Waals surface area contributed by atoms with E-state index >= 15 is 0 Å². The molecule has 3 rings (SSSR count). The summed E-state index contributed by atoms with van der Waals surface area (Å²) in [7, 11) is -1.57. The van der Waals surface area contributed by atoms with E-state index in [0.717, 1.165) is 4.90 Å². The number of carboxylic acid groups (broad SMARTS) is 1. The molecule has 1 aromatic carbocycles. The van der Waals surface area contributed by atoms with Gasteiger partial charge in [0.1, 0.15) is 11.8 Å². The lowest BCUT2D eigenvalue weighted by molar-refractivity contribution is -0.165. The lowest BCUT2D eigenvalue weighted by Gasteiger charge is -2.37. The number of carbonyl (C=O) groups excluding carboxylic acids is 4. The number of rotatable bonds is 9. The van der Waals surface area contributed by atoms with E-state index in [9.17, 15) is 39.2 Å². The number of nitrogens with zero attached hydrogens (tertiary/aromatic N) is 2. The van der Waals surface area contributed by atoms with Crippen molar-refractivity contribution >= 4 is 36.7 Å². The molecule has 0 spiro atoms. The molecule has 0 saturated carbocycles.